The van der Waals surface area contributed by atoms with E-state index in [-0.39, 0.29) is 33.2 Å². The third kappa shape index (κ3) is 6.68. The van der Waals surface area contributed by atoms with Crippen LogP contribution in [0.3, 0.4) is 0 Å². The second kappa shape index (κ2) is 13.0. The number of esters is 3. The molecule has 0 amide bonds. The van der Waals surface area contributed by atoms with Crippen molar-refractivity contribution in [2.24, 2.45) is 22.7 Å². The molecule has 0 bridgehead atoms. The molecule has 2 saturated carbocycles. The van der Waals surface area contributed by atoms with Crippen LogP contribution >= 0.6 is 0 Å². The van der Waals surface area contributed by atoms with Crippen molar-refractivity contribution in [3.8, 4) is 0 Å². The molecule has 2 aliphatic carbocycles. The second-order valence-electron chi connectivity index (χ2n) is 14.8. The SMILES string of the molecule is C=C1[C@@H]2C(=O)OC[C@@]23[C@@H](OCOCC[Si](C)(C)C)C[C@@H](OCOCC[Si](C)(C)C)[C@@]2(C(=O)OC)CO[C@@H]([C@H]1OC(C)=O)[C@@H]23. The van der Waals surface area contributed by atoms with Crippen LogP contribution in [0.15, 0.2) is 12.2 Å². The van der Waals surface area contributed by atoms with E-state index in [2.05, 4.69) is 45.9 Å². The van der Waals surface area contributed by atoms with Crippen LogP contribution in [-0.4, -0.2) is 106 Å². The molecule has 0 aromatic rings. The first-order chi connectivity index (χ1) is 20.1. The first-order valence-electron chi connectivity index (χ1n) is 15.2. The van der Waals surface area contributed by atoms with Crippen LogP contribution in [0.4, 0.5) is 0 Å². The summed E-state index contributed by atoms with van der Waals surface area (Å²) in [4.78, 5) is 39.5. The van der Waals surface area contributed by atoms with Crippen molar-refractivity contribution >= 4 is 34.1 Å². The molecule has 11 nitrogen and oxygen atoms in total. The lowest BCUT2D eigenvalue weighted by atomic mass is 9.44. The summed E-state index contributed by atoms with van der Waals surface area (Å²) >= 11 is 0. The molecular weight excluding hydrogens is 592 g/mol. The monoisotopic (exact) mass is 642 g/mol. The van der Waals surface area contributed by atoms with Gasteiger partial charge in [0.15, 0.2) is 0 Å². The molecule has 0 radical (unpaired) electrons. The second-order valence-corrected chi connectivity index (χ2v) is 26.0. The van der Waals surface area contributed by atoms with Crippen LogP contribution in [0.25, 0.3) is 0 Å². The average Bonchev–Trinajstić information content (AvgIpc) is 3.47. The Morgan fingerprint density at radius 1 is 0.953 bits per heavy atom. The molecule has 244 valence electrons. The largest absolute Gasteiger partial charge is 0.468 e. The van der Waals surface area contributed by atoms with Crippen LogP contribution in [0, 0.1) is 22.7 Å². The fourth-order valence-corrected chi connectivity index (χ4v) is 8.80. The van der Waals surface area contributed by atoms with Crippen LogP contribution in [0.2, 0.25) is 51.4 Å². The van der Waals surface area contributed by atoms with E-state index in [1.807, 2.05) is 0 Å². The third-order valence-electron chi connectivity index (χ3n) is 9.41. The van der Waals surface area contributed by atoms with Crippen molar-refractivity contribution in [1.29, 1.82) is 0 Å². The maximum absolute atomic E-state index is 13.9. The molecule has 8 atom stereocenters. The van der Waals surface area contributed by atoms with E-state index in [1.165, 1.54) is 14.0 Å². The molecule has 43 heavy (non-hydrogen) atoms. The topological polar surface area (TPSA) is 125 Å². The zero-order chi connectivity index (χ0) is 31.8. The standard InChI is InChI=1S/C30H50O11Si2/c1-19-23-27(32)38-15-29(23)21(39-17-35-10-12-42(4,5)6)14-22(40-18-36-11-13-43(7,8)9)30(28(33)34-3)16-37-25(26(29)30)24(19)41-20(2)31/h21-26H,1,10-18H2,2-9H3/t21-,22+,23+,24-,25-,26+,29+,30-/m0/s1. The highest BCUT2D eigenvalue weighted by Crippen LogP contribution is 2.68. The van der Waals surface area contributed by atoms with Gasteiger partial charge in [-0.25, -0.2) is 0 Å². The quantitative estimate of drug-likeness (QED) is 0.0689. The van der Waals surface area contributed by atoms with Gasteiger partial charge in [-0.15, -0.1) is 0 Å². The van der Waals surface area contributed by atoms with E-state index in [1.54, 1.807) is 0 Å². The Hall–Kier alpha value is -1.62. The molecule has 0 aromatic heterocycles. The van der Waals surface area contributed by atoms with Gasteiger partial charge in [0.2, 0.25) is 0 Å². The number of hydrogen-bond acceptors (Lipinski definition) is 11. The number of ether oxygens (including phenoxy) is 8. The summed E-state index contributed by atoms with van der Waals surface area (Å²) in [5.41, 5.74) is -1.99. The zero-order valence-corrected chi connectivity index (χ0v) is 29.0. The Bertz CT molecular complexity index is 1070. The number of carbonyl (C=O) groups is 3. The van der Waals surface area contributed by atoms with Crippen LogP contribution < -0.4 is 0 Å². The highest BCUT2D eigenvalue weighted by atomic mass is 28.3. The Balaban J connectivity index is 1.70. The number of carbonyl (C=O) groups excluding carboxylic acids is 3. The van der Waals surface area contributed by atoms with Gasteiger partial charge < -0.3 is 37.9 Å². The van der Waals surface area contributed by atoms with Gasteiger partial charge in [-0.1, -0.05) is 45.9 Å². The Morgan fingerprint density at radius 2 is 1.53 bits per heavy atom. The van der Waals surface area contributed by atoms with E-state index in [0.717, 1.165) is 12.1 Å². The molecule has 2 heterocycles. The first-order valence-corrected chi connectivity index (χ1v) is 22.6. The summed E-state index contributed by atoms with van der Waals surface area (Å²) in [6, 6.07) is 1.94. The van der Waals surface area contributed by atoms with Gasteiger partial charge in [0.05, 0.1) is 37.3 Å². The minimum Gasteiger partial charge on any atom is -0.468 e. The van der Waals surface area contributed by atoms with Crippen LogP contribution in [-0.2, 0) is 52.3 Å². The molecule has 4 aliphatic rings. The van der Waals surface area contributed by atoms with Crippen molar-refractivity contribution in [3.05, 3.63) is 12.2 Å². The van der Waals surface area contributed by atoms with Gasteiger partial charge in [0.25, 0.3) is 0 Å². The Labute approximate surface area is 257 Å². The van der Waals surface area contributed by atoms with Crippen molar-refractivity contribution < 1.29 is 52.3 Å². The molecular formula is C30H50O11Si2. The summed E-state index contributed by atoms with van der Waals surface area (Å²) in [6.07, 6.45) is -2.86. The predicted octanol–water partition coefficient (Wildman–Crippen LogP) is 3.62. The van der Waals surface area contributed by atoms with E-state index in [4.69, 9.17) is 37.9 Å². The van der Waals surface area contributed by atoms with Crippen molar-refractivity contribution in [3.63, 3.8) is 0 Å². The summed E-state index contributed by atoms with van der Waals surface area (Å²) in [5.74, 6) is -3.15. The van der Waals surface area contributed by atoms with Crippen LogP contribution in [0.1, 0.15) is 13.3 Å². The fourth-order valence-electron chi connectivity index (χ4n) is 7.28. The van der Waals surface area contributed by atoms with Gasteiger partial charge in [0.1, 0.15) is 37.8 Å². The zero-order valence-electron chi connectivity index (χ0n) is 27.0. The summed E-state index contributed by atoms with van der Waals surface area (Å²) in [6.45, 7) is 20.1. The molecule has 2 saturated heterocycles. The van der Waals surface area contributed by atoms with Crippen molar-refractivity contribution in [1.82, 2.24) is 0 Å². The highest BCUT2D eigenvalue weighted by molar-refractivity contribution is 6.76. The van der Waals surface area contributed by atoms with E-state index >= 15 is 0 Å². The number of methoxy groups -OCH3 is 1. The minimum atomic E-state index is -1.33. The maximum Gasteiger partial charge on any atom is 0.317 e. The molecule has 1 spiro atoms. The van der Waals surface area contributed by atoms with Crippen molar-refractivity contribution in [2.45, 2.75) is 89.1 Å². The van der Waals surface area contributed by atoms with E-state index in [9.17, 15) is 14.4 Å². The van der Waals surface area contributed by atoms with E-state index < -0.39 is 81.1 Å². The third-order valence-corrected chi connectivity index (χ3v) is 12.8. The Morgan fingerprint density at radius 3 is 2.07 bits per heavy atom. The van der Waals surface area contributed by atoms with E-state index in [0.29, 0.717) is 18.8 Å². The molecule has 4 rings (SSSR count). The molecule has 4 fully saturated rings. The molecule has 2 aliphatic heterocycles. The van der Waals surface area contributed by atoms with Crippen LogP contribution in [0.5, 0.6) is 0 Å². The normalized spacial score (nSPS) is 35.3. The lowest BCUT2D eigenvalue weighted by Crippen LogP contribution is -2.71. The van der Waals surface area contributed by atoms with Gasteiger partial charge in [-0.05, 0) is 17.7 Å². The minimum absolute atomic E-state index is 0.000552. The molecule has 0 unspecified atom stereocenters. The number of cyclic esters (lactones) is 1. The lowest BCUT2D eigenvalue weighted by Gasteiger charge is -2.59. The smallest absolute Gasteiger partial charge is 0.317 e. The molecule has 0 aromatic carbocycles. The lowest BCUT2D eigenvalue weighted by molar-refractivity contribution is -0.252. The molecule has 13 heteroatoms. The van der Waals surface area contributed by atoms with Gasteiger partial charge in [-0.3, -0.25) is 14.4 Å². The molecule has 0 N–H and O–H groups in total. The summed E-state index contributed by atoms with van der Waals surface area (Å²) in [7, 11) is -1.31. The van der Waals surface area contributed by atoms with Gasteiger partial charge in [0, 0.05) is 48.6 Å². The maximum atomic E-state index is 13.9. The van der Waals surface area contributed by atoms with Crippen molar-refractivity contribution in [2.75, 3.05) is 47.1 Å². The predicted molar refractivity (Wildman–Crippen MR) is 162 cm³/mol. The fraction of sp³-hybridized carbons (Fsp3) is 0.833. The average molecular weight is 643 g/mol. The van der Waals surface area contributed by atoms with Gasteiger partial charge >= 0.3 is 17.9 Å². The summed E-state index contributed by atoms with van der Waals surface area (Å²) in [5, 5.41) is 0. The first kappa shape index (κ1) is 34.3. The number of hydrogen-bond donors (Lipinski definition) is 0. The summed E-state index contributed by atoms with van der Waals surface area (Å²) < 4.78 is 47.8. The number of rotatable bonds is 14. The van der Waals surface area contributed by atoms with Gasteiger partial charge in [-0.2, -0.15) is 0 Å². The highest BCUT2D eigenvalue weighted by Gasteiger charge is 2.80. The Kier molecular flexibility index (Phi) is 10.4.